The fraction of sp³-hybridized carbons (Fsp3) is 0.0909. The molecule has 0 aliphatic carbocycles. The maximum absolute atomic E-state index is 12.5. The van der Waals surface area contributed by atoms with Crippen LogP contribution in [0, 0.1) is 0 Å². The molecule has 4 rings (SSSR count). The van der Waals surface area contributed by atoms with E-state index >= 15 is 0 Å². The van der Waals surface area contributed by atoms with Gasteiger partial charge in [0.1, 0.15) is 5.75 Å². The van der Waals surface area contributed by atoms with Gasteiger partial charge in [0.15, 0.2) is 5.13 Å². The second kappa shape index (κ2) is 8.65. The fourth-order valence-corrected chi connectivity index (χ4v) is 3.73. The van der Waals surface area contributed by atoms with Crippen molar-refractivity contribution in [1.82, 2.24) is 4.98 Å². The summed E-state index contributed by atoms with van der Waals surface area (Å²) in [6.07, 6.45) is -4.63. The Balaban J connectivity index is 1.37. The Morgan fingerprint density at radius 3 is 2.52 bits per heavy atom. The summed E-state index contributed by atoms with van der Waals surface area (Å²) in [6, 6.07) is 18.8. The molecule has 1 aromatic heterocycles. The topological polar surface area (TPSA) is 63.2 Å². The predicted octanol–water partition coefficient (Wildman–Crippen LogP) is 6.12. The van der Waals surface area contributed by atoms with E-state index in [9.17, 15) is 18.0 Å². The highest BCUT2D eigenvalue weighted by atomic mass is 32.1. The van der Waals surface area contributed by atoms with Crippen molar-refractivity contribution >= 4 is 44.5 Å². The summed E-state index contributed by atoms with van der Waals surface area (Å²) in [5, 5.41) is 10.2. The molecule has 1 amide bonds. The summed E-state index contributed by atoms with van der Waals surface area (Å²) < 4.78 is 40.5. The Hall–Kier alpha value is -3.59. The average molecular weight is 443 g/mol. The van der Waals surface area contributed by atoms with Gasteiger partial charge in [0.05, 0.1) is 12.1 Å². The van der Waals surface area contributed by atoms with Crippen LogP contribution in [-0.2, 0) is 11.2 Å². The molecule has 0 atom stereocenters. The molecule has 0 unspecified atom stereocenters. The Labute approximate surface area is 179 Å². The van der Waals surface area contributed by atoms with E-state index in [0.717, 1.165) is 16.5 Å². The van der Waals surface area contributed by atoms with Gasteiger partial charge in [-0.05, 0) is 35.7 Å². The van der Waals surface area contributed by atoms with Crippen LogP contribution in [0.4, 0.5) is 29.7 Å². The molecular weight excluding hydrogens is 427 g/mol. The van der Waals surface area contributed by atoms with Gasteiger partial charge in [-0.2, -0.15) is 0 Å². The number of hydrogen-bond acceptors (Lipinski definition) is 5. The summed E-state index contributed by atoms with van der Waals surface area (Å²) in [7, 11) is 0. The van der Waals surface area contributed by atoms with Crippen molar-refractivity contribution in [3.05, 3.63) is 77.8 Å². The number of rotatable bonds is 6. The standard InChI is InChI=1S/C22H16F3N3O2S/c23-22(24,25)30-17-10-8-15(9-11-17)26-21-27-16(13-31-21)12-20(29)28-19-7-3-5-14-4-1-2-6-18(14)19/h1-11,13H,12H2,(H,26,27)(H,28,29). The maximum atomic E-state index is 12.5. The minimum absolute atomic E-state index is 0.0970. The highest BCUT2D eigenvalue weighted by Crippen LogP contribution is 2.27. The van der Waals surface area contributed by atoms with Gasteiger partial charge in [0.2, 0.25) is 5.91 Å². The molecule has 0 spiro atoms. The third-order valence-electron chi connectivity index (χ3n) is 4.30. The number of nitrogens with zero attached hydrogens (tertiary/aromatic N) is 1. The zero-order valence-corrected chi connectivity index (χ0v) is 16.8. The molecule has 158 valence electrons. The van der Waals surface area contributed by atoms with Gasteiger partial charge in [-0.25, -0.2) is 4.98 Å². The third-order valence-corrected chi connectivity index (χ3v) is 5.10. The number of nitrogens with one attached hydrogen (secondary N) is 2. The van der Waals surface area contributed by atoms with Gasteiger partial charge in [-0.1, -0.05) is 36.4 Å². The summed E-state index contributed by atoms with van der Waals surface area (Å²) in [5.41, 5.74) is 1.87. The lowest BCUT2D eigenvalue weighted by Gasteiger charge is -2.09. The average Bonchev–Trinajstić information content (AvgIpc) is 3.15. The molecular formula is C22H16F3N3O2S. The lowest BCUT2D eigenvalue weighted by Crippen LogP contribution is -2.16. The van der Waals surface area contributed by atoms with E-state index in [-0.39, 0.29) is 18.1 Å². The molecule has 2 N–H and O–H groups in total. The van der Waals surface area contributed by atoms with Gasteiger partial charge in [-0.3, -0.25) is 4.79 Å². The van der Waals surface area contributed by atoms with Gasteiger partial charge >= 0.3 is 6.36 Å². The number of carbonyl (C=O) groups is 1. The fourth-order valence-electron chi connectivity index (χ4n) is 3.00. The SMILES string of the molecule is O=C(Cc1csc(Nc2ccc(OC(F)(F)F)cc2)n1)Nc1cccc2ccccc12. The molecule has 0 aliphatic rings. The second-order valence-electron chi connectivity index (χ2n) is 6.59. The van der Waals surface area contributed by atoms with Crippen LogP contribution in [0.3, 0.4) is 0 Å². The predicted molar refractivity (Wildman–Crippen MR) is 115 cm³/mol. The van der Waals surface area contributed by atoms with Crippen molar-refractivity contribution in [2.45, 2.75) is 12.8 Å². The molecule has 31 heavy (non-hydrogen) atoms. The number of hydrogen-bond donors (Lipinski definition) is 2. The van der Waals surface area contributed by atoms with E-state index < -0.39 is 6.36 Å². The molecule has 5 nitrogen and oxygen atoms in total. The van der Waals surface area contributed by atoms with Crippen molar-refractivity contribution in [1.29, 1.82) is 0 Å². The maximum Gasteiger partial charge on any atom is 0.573 e. The summed E-state index contributed by atoms with van der Waals surface area (Å²) in [6.45, 7) is 0. The van der Waals surface area contributed by atoms with Crippen LogP contribution in [0.5, 0.6) is 5.75 Å². The quantitative estimate of drug-likeness (QED) is 0.377. The number of anilines is 3. The van der Waals surface area contributed by atoms with Gasteiger partial charge in [0.25, 0.3) is 0 Å². The highest BCUT2D eigenvalue weighted by molar-refractivity contribution is 7.13. The number of halogens is 3. The molecule has 0 bridgehead atoms. The number of ether oxygens (including phenoxy) is 1. The third kappa shape index (κ3) is 5.52. The normalized spacial score (nSPS) is 11.3. The van der Waals surface area contributed by atoms with Gasteiger partial charge in [-0.15, -0.1) is 24.5 Å². The van der Waals surface area contributed by atoms with Gasteiger partial charge in [0, 0.05) is 22.1 Å². The van der Waals surface area contributed by atoms with Crippen molar-refractivity contribution in [2.75, 3.05) is 10.6 Å². The van der Waals surface area contributed by atoms with E-state index in [4.69, 9.17) is 0 Å². The number of thiazole rings is 1. The first-order valence-electron chi connectivity index (χ1n) is 9.20. The minimum atomic E-state index is -4.73. The van der Waals surface area contributed by atoms with Crippen LogP contribution in [0.2, 0.25) is 0 Å². The monoisotopic (exact) mass is 443 g/mol. The Morgan fingerprint density at radius 1 is 1.00 bits per heavy atom. The lowest BCUT2D eigenvalue weighted by molar-refractivity contribution is -0.274. The highest BCUT2D eigenvalue weighted by Gasteiger charge is 2.30. The summed E-state index contributed by atoms with van der Waals surface area (Å²) in [5.74, 6) is -0.496. The molecule has 0 fully saturated rings. The Morgan fingerprint density at radius 2 is 1.74 bits per heavy atom. The van der Waals surface area contributed by atoms with Crippen LogP contribution in [-0.4, -0.2) is 17.3 Å². The summed E-state index contributed by atoms with van der Waals surface area (Å²) >= 11 is 1.30. The Kier molecular flexibility index (Phi) is 5.77. The summed E-state index contributed by atoms with van der Waals surface area (Å²) in [4.78, 5) is 16.8. The molecule has 0 aliphatic heterocycles. The van der Waals surface area contributed by atoms with Crippen LogP contribution in [0.1, 0.15) is 5.69 Å². The number of alkyl halides is 3. The van der Waals surface area contributed by atoms with Crippen molar-refractivity contribution < 1.29 is 22.7 Å². The first-order chi connectivity index (χ1) is 14.9. The van der Waals surface area contributed by atoms with Crippen LogP contribution < -0.4 is 15.4 Å². The molecule has 0 saturated heterocycles. The molecule has 1 heterocycles. The largest absolute Gasteiger partial charge is 0.573 e. The van der Waals surface area contributed by atoms with Crippen molar-refractivity contribution in [2.24, 2.45) is 0 Å². The van der Waals surface area contributed by atoms with E-state index in [0.29, 0.717) is 16.5 Å². The minimum Gasteiger partial charge on any atom is -0.406 e. The van der Waals surface area contributed by atoms with Gasteiger partial charge < -0.3 is 15.4 Å². The second-order valence-corrected chi connectivity index (χ2v) is 7.45. The molecule has 4 aromatic rings. The van der Waals surface area contributed by atoms with E-state index in [1.54, 1.807) is 5.38 Å². The van der Waals surface area contributed by atoms with Crippen LogP contribution in [0.25, 0.3) is 10.8 Å². The molecule has 0 radical (unpaired) electrons. The number of benzene rings is 3. The van der Waals surface area contributed by atoms with E-state index in [1.165, 1.54) is 35.6 Å². The van der Waals surface area contributed by atoms with Crippen molar-refractivity contribution in [3.63, 3.8) is 0 Å². The zero-order chi connectivity index (χ0) is 21.8. The van der Waals surface area contributed by atoms with E-state index in [1.807, 2.05) is 42.5 Å². The smallest absolute Gasteiger partial charge is 0.406 e. The van der Waals surface area contributed by atoms with Crippen LogP contribution in [0.15, 0.2) is 72.1 Å². The molecule has 3 aromatic carbocycles. The first kappa shape index (κ1) is 20.7. The lowest BCUT2D eigenvalue weighted by atomic mass is 10.1. The number of carbonyl (C=O) groups excluding carboxylic acids is 1. The number of amides is 1. The molecule has 9 heteroatoms. The van der Waals surface area contributed by atoms with Crippen molar-refractivity contribution in [3.8, 4) is 5.75 Å². The number of aromatic nitrogens is 1. The Bertz CT molecular complexity index is 1200. The van der Waals surface area contributed by atoms with E-state index in [2.05, 4.69) is 20.4 Å². The first-order valence-corrected chi connectivity index (χ1v) is 10.1. The number of fused-ring (bicyclic) bond motifs is 1. The zero-order valence-electron chi connectivity index (χ0n) is 15.9. The van der Waals surface area contributed by atoms with Crippen LogP contribution >= 0.6 is 11.3 Å². The molecule has 0 saturated carbocycles.